The minimum atomic E-state index is -0.378. The van der Waals surface area contributed by atoms with Crippen molar-refractivity contribution in [1.29, 1.82) is 0 Å². The smallest absolute Gasteiger partial charge is 0.320 e. The molecule has 118 valence electrons. The van der Waals surface area contributed by atoms with Gasteiger partial charge in [-0.1, -0.05) is 5.16 Å². The summed E-state index contributed by atoms with van der Waals surface area (Å²) in [4.78, 5) is 25.0. The Bertz CT molecular complexity index is 460. The summed E-state index contributed by atoms with van der Waals surface area (Å²) in [5, 5.41) is 6.25. The fourth-order valence-electron chi connectivity index (χ4n) is 1.63. The van der Waals surface area contributed by atoms with Gasteiger partial charge >= 0.3 is 5.97 Å². The van der Waals surface area contributed by atoms with Gasteiger partial charge in [-0.15, -0.1) is 0 Å². The maximum Gasteiger partial charge on any atom is 0.320 e. The summed E-state index contributed by atoms with van der Waals surface area (Å²) in [5.74, 6) is -0.399. The number of esters is 1. The molecule has 0 saturated carbocycles. The maximum absolute atomic E-state index is 11.9. The largest absolute Gasteiger partial charge is 0.465 e. The van der Waals surface area contributed by atoms with E-state index in [2.05, 4.69) is 10.5 Å². The van der Waals surface area contributed by atoms with Crippen LogP contribution in [0.3, 0.4) is 0 Å². The van der Waals surface area contributed by atoms with Gasteiger partial charge in [-0.2, -0.15) is 0 Å². The summed E-state index contributed by atoms with van der Waals surface area (Å²) in [6, 6.07) is 1.61. The molecule has 0 atom stereocenters. The number of aromatic nitrogens is 1. The van der Waals surface area contributed by atoms with E-state index in [1.165, 1.54) is 0 Å². The van der Waals surface area contributed by atoms with E-state index in [1.807, 2.05) is 0 Å². The van der Waals surface area contributed by atoms with Crippen LogP contribution in [0.2, 0.25) is 0 Å². The molecule has 0 bridgehead atoms. The Morgan fingerprint density at radius 3 is 2.76 bits per heavy atom. The number of anilines is 1. The quantitative estimate of drug-likeness (QED) is 0.661. The highest BCUT2D eigenvalue weighted by molar-refractivity contribution is 5.91. The lowest BCUT2D eigenvalue weighted by Crippen LogP contribution is -2.39. The molecule has 0 aliphatic rings. The van der Waals surface area contributed by atoms with Crippen LogP contribution in [0, 0.1) is 6.92 Å². The number of carbonyl (C=O) groups is 2. The Hall–Kier alpha value is -1.93. The molecule has 8 heteroatoms. The Balaban J connectivity index is 2.49. The third-order valence-corrected chi connectivity index (χ3v) is 2.53. The molecule has 21 heavy (non-hydrogen) atoms. The zero-order chi connectivity index (χ0) is 15.7. The van der Waals surface area contributed by atoms with Gasteiger partial charge in [-0.25, -0.2) is 0 Å². The van der Waals surface area contributed by atoms with Gasteiger partial charge in [0.05, 0.1) is 32.0 Å². The highest BCUT2D eigenvalue weighted by Gasteiger charge is 2.16. The van der Waals surface area contributed by atoms with E-state index in [0.717, 1.165) is 0 Å². The standard InChI is InChI=1S/C13H21N3O5/c1-4-20-13(18)9-16(5-6-19-3)8-11(17)14-12-7-10(2)15-21-12/h7H,4-6,8-9H2,1-3H3,(H,14,17). The fourth-order valence-corrected chi connectivity index (χ4v) is 1.63. The molecule has 1 N–H and O–H groups in total. The number of hydrogen-bond donors (Lipinski definition) is 1. The molecule has 1 aromatic rings. The van der Waals surface area contributed by atoms with Gasteiger partial charge in [-0.3, -0.25) is 19.8 Å². The summed E-state index contributed by atoms with van der Waals surface area (Å²) in [7, 11) is 1.56. The van der Waals surface area contributed by atoms with Crippen molar-refractivity contribution in [3.63, 3.8) is 0 Å². The Morgan fingerprint density at radius 1 is 1.43 bits per heavy atom. The maximum atomic E-state index is 11.9. The first-order chi connectivity index (χ1) is 10.0. The number of ether oxygens (including phenoxy) is 2. The summed E-state index contributed by atoms with van der Waals surface area (Å²) in [5.41, 5.74) is 0.674. The van der Waals surface area contributed by atoms with Crippen LogP contribution >= 0.6 is 0 Å². The molecule has 0 aromatic carbocycles. The molecule has 0 saturated heterocycles. The summed E-state index contributed by atoms with van der Waals surface area (Å²) in [6.07, 6.45) is 0. The van der Waals surface area contributed by atoms with Crippen LogP contribution in [0.25, 0.3) is 0 Å². The van der Waals surface area contributed by atoms with E-state index in [4.69, 9.17) is 14.0 Å². The molecule has 1 aromatic heterocycles. The van der Waals surface area contributed by atoms with E-state index < -0.39 is 0 Å². The van der Waals surface area contributed by atoms with Crippen molar-refractivity contribution in [3.8, 4) is 0 Å². The Kier molecular flexibility index (Phi) is 7.41. The lowest BCUT2D eigenvalue weighted by molar-refractivity contribution is -0.144. The predicted octanol–water partition coefficient (Wildman–Crippen LogP) is 0.433. The molecule has 1 heterocycles. The lowest BCUT2D eigenvalue weighted by Gasteiger charge is -2.19. The number of nitrogens with zero attached hydrogens (tertiary/aromatic N) is 2. The second kappa shape index (κ2) is 9.09. The molecular formula is C13H21N3O5. The highest BCUT2D eigenvalue weighted by Crippen LogP contribution is 2.08. The van der Waals surface area contributed by atoms with Crippen LogP contribution in [0.4, 0.5) is 5.88 Å². The first-order valence-corrected chi connectivity index (χ1v) is 6.65. The van der Waals surface area contributed by atoms with Crippen molar-refractivity contribution in [3.05, 3.63) is 11.8 Å². The number of methoxy groups -OCH3 is 1. The van der Waals surface area contributed by atoms with Gasteiger partial charge in [0.2, 0.25) is 11.8 Å². The van der Waals surface area contributed by atoms with E-state index >= 15 is 0 Å². The second-order valence-corrected chi connectivity index (χ2v) is 4.39. The van der Waals surface area contributed by atoms with Crippen molar-refractivity contribution >= 4 is 17.8 Å². The molecule has 1 amide bonds. The van der Waals surface area contributed by atoms with Crippen LogP contribution in [0.1, 0.15) is 12.6 Å². The molecule has 0 fully saturated rings. The summed E-state index contributed by atoms with van der Waals surface area (Å²) >= 11 is 0. The minimum Gasteiger partial charge on any atom is -0.465 e. The van der Waals surface area contributed by atoms with E-state index in [1.54, 1.807) is 31.9 Å². The van der Waals surface area contributed by atoms with E-state index in [-0.39, 0.29) is 30.9 Å². The van der Waals surface area contributed by atoms with Crippen LogP contribution in [-0.4, -0.2) is 61.9 Å². The van der Waals surface area contributed by atoms with E-state index in [0.29, 0.717) is 25.5 Å². The third-order valence-electron chi connectivity index (χ3n) is 2.53. The van der Waals surface area contributed by atoms with Gasteiger partial charge in [0.15, 0.2) is 0 Å². The van der Waals surface area contributed by atoms with Crippen LogP contribution in [0.5, 0.6) is 0 Å². The van der Waals surface area contributed by atoms with Gasteiger partial charge in [0.1, 0.15) is 0 Å². The van der Waals surface area contributed by atoms with Gasteiger partial charge in [-0.05, 0) is 13.8 Å². The summed E-state index contributed by atoms with van der Waals surface area (Å²) in [6.45, 7) is 4.70. The molecular weight excluding hydrogens is 278 g/mol. The number of carbonyl (C=O) groups excluding carboxylic acids is 2. The first kappa shape index (κ1) is 17.1. The summed E-state index contributed by atoms with van der Waals surface area (Å²) < 4.78 is 14.7. The van der Waals surface area contributed by atoms with Crippen molar-refractivity contribution in [2.75, 3.05) is 45.3 Å². The van der Waals surface area contributed by atoms with Gasteiger partial charge in [0.25, 0.3) is 0 Å². The molecule has 0 unspecified atom stereocenters. The number of rotatable bonds is 9. The first-order valence-electron chi connectivity index (χ1n) is 6.65. The Labute approximate surface area is 123 Å². The van der Waals surface area contributed by atoms with Crippen molar-refractivity contribution in [2.24, 2.45) is 0 Å². The van der Waals surface area contributed by atoms with Crippen LogP contribution in [-0.2, 0) is 19.1 Å². The molecule has 0 spiro atoms. The minimum absolute atomic E-state index is 0.0278. The zero-order valence-corrected chi connectivity index (χ0v) is 12.5. The SMILES string of the molecule is CCOC(=O)CN(CCOC)CC(=O)Nc1cc(C)no1. The van der Waals surface area contributed by atoms with Gasteiger partial charge < -0.3 is 14.0 Å². The second-order valence-electron chi connectivity index (χ2n) is 4.39. The number of amides is 1. The van der Waals surface area contributed by atoms with Crippen molar-refractivity contribution in [1.82, 2.24) is 10.1 Å². The number of hydrogen-bond acceptors (Lipinski definition) is 7. The number of nitrogens with one attached hydrogen (secondary N) is 1. The van der Waals surface area contributed by atoms with E-state index in [9.17, 15) is 9.59 Å². The van der Waals surface area contributed by atoms with Crippen LogP contribution in [0.15, 0.2) is 10.6 Å². The predicted molar refractivity (Wildman–Crippen MR) is 74.8 cm³/mol. The topological polar surface area (TPSA) is 93.9 Å². The Morgan fingerprint density at radius 2 is 2.19 bits per heavy atom. The molecule has 0 radical (unpaired) electrons. The normalized spacial score (nSPS) is 10.7. The molecule has 8 nitrogen and oxygen atoms in total. The molecule has 1 rings (SSSR count). The fraction of sp³-hybridized carbons (Fsp3) is 0.615. The van der Waals surface area contributed by atoms with Gasteiger partial charge in [0, 0.05) is 19.7 Å². The lowest BCUT2D eigenvalue weighted by atomic mass is 10.4. The third kappa shape index (κ3) is 6.87. The molecule has 0 aliphatic carbocycles. The van der Waals surface area contributed by atoms with Crippen molar-refractivity contribution < 1.29 is 23.6 Å². The molecule has 0 aliphatic heterocycles. The van der Waals surface area contributed by atoms with Crippen LogP contribution < -0.4 is 5.32 Å². The monoisotopic (exact) mass is 299 g/mol. The average molecular weight is 299 g/mol. The van der Waals surface area contributed by atoms with Crippen molar-refractivity contribution in [2.45, 2.75) is 13.8 Å². The highest BCUT2D eigenvalue weighted by atomic mass is 16.5. The zero-order valence-electron chi connectivity index (χ0n) is 12.5. The number of aryl methyl sites for hydroxylation is 1. The average Bonchev–Trinajstić information content (AvgIpc) is 2.81.